The Morgan fingerprint density at radius 3 is 2.86 bits per heavy atom. The van der Waals surface area contributed by atoms with Crippen LogP contribution in [-0.2, 0) is 0 Å². The van der Waals surface area contributed by atoms with Gasteiger partial charge in [0, 0.05) is 10.0 Å². The number of hydrazone groups is 1. The molecule has 0 aliphatic heterocycles. The molecular formula is C15H13BrN2O3. The fraction of sp³-hybridized carbons (Fsp3) is 0.0667. The average molecular weight is 349 g/mol. The first kappa shape index (κ1) is 15.1. The molecule has 6 heteroatoms. The Morgan fingerprint density at radius 2 is 2.14 bits per heavy atom. The second-order valence-electron chi connectivity index (χ2n) is 4.14. The number of hydrogen-bond acceptors (Lipinski definition) is 4. The number of methoxy groups -OCH3 is 1. The Labute approximate surface area is 130 Å². The number of nitrogens with one attached hydrogen (secondary N) is 1. The largest absolute Gasteiger partial charge is 0.504 e. The van der Waals surface area contributed by atoms with Crippen molar-refractivity contribution in [3.63, 3.8) is 0 Å². The molecule has 2 N–H and O–H groups in total. The molecule has 0 fully saturated rings. The SMILES string of the molecule is COc1cc(C=NNC(=O)c2cccc(Br)c2)ccc1O. The number of nitrogens with zero attached hydrogens (tertiary/aromatic N) is 1. The number of ether oxygens (including phenoxy) is 1. The average Bonchev–Trinajstić information content (AvgIpc) is 2.48. The molecule has 0 heterocycles. The van der Waals surface area contributed by atoms with Gasteiger partial charge in [-0.05, 0) is 42.0 Å². The minimum atomic E-state index is -0.307. The number of hydrogen-bond donors (Lipinski definition) is 2. The Kier molecular flexibility index (Phi) is 4.94. The van der Waals surface area contributed by atoms with Gasteiger partial charge in [-0.1, -0.05) is 22.0 Å². The van der Waals surface area contributed by atoms with Gasteiger partial charge in [0.15, 0.2) is 11.5 Å². The number of carbonyl (C=O) groups is 1. The second-order valence-corrected chi connectivity index (χ2v) is 5.06. The van der Waals surface area contributed by atoms with Crippen molar-refractivity contribution in [3.8, 4) is 11.5 Å². The highest BCUT2D eigenvalue weighted by Gasteiger charge is 2.04. The highest BCUT2D eigenvalue weighted by atomic mass is 79.9. The molecule has 2 aromatic carbocycles. The van der Waals surface area contributed by atoms with Crippen molar-refractivity contribution in [2.75, 3.05) is 7.11 Å². The fourth-order valence-corrected chi connectivity index (χ4v) is 2.03. The molecule has 0 spiro atoms. The summed E-state index contributed by atoms with van der Waals surface area (Å²) in [5, 5.41) is 13.4. The van der Waals surface area contributed by atoms with Crippen LogP contribution in [0.1, 0.15) is 15.9 Å². The Balaban J connectivity index is 2.04. The number of rotatable bonds is 4. The third-order valence-electron chi connectivity index (χ3n) is 2.67. The van der Waals surface area contributed by atoms with Crippen molar-refractivity contribution in [1.29, 1.82) is 0 Å². The summed E-state index contributed by atoms with van der Waals surface area (Å²) in [4.78, 5) is 11.9. The summed E-state index contributed by atoms with van der Waals surface area (Å²) in [5.41, 5.74) is 3.63. The molecule has 0 atom stereocenters. The van der Waals surface area contributed by atoms with Crippen molar-refractivity contribution in [2.45, 2.75) is 0 Å². The molecule has 0 aromatic heterocycles. The van der Waals surface area contributed by atoms with E-state index in [0.717, 1.165) is 4.47 Å². The summed E-state index contributed by atoms with van der Waals surface area (Å²) in [6, 6.07) is 11.8. The van der Waals surface area contributed by atoms with Crippen molar-refractivity contribution < 1.29 is 14.6 Å². The first-order valence-corrected chi connectivity index (χ1v) is 6.85. The fourth-order valence-electron chi connectivity index (χ4n) is 1.63. The van der Waals surface area contributed by atoms with Crippen LogP contribution in [0.25, 0.3) is 0 Å². The molecule has 0 bridgehead atoms. The van der Waals surface area contributed by atoms with E-state index in [2.05, 4.69) is 26.5 Å². The van der Waals surface area contributed by atoms with Crippen LogP contribution < -0.4 is 10.2 Å². The van der Waals surface area contributed by atoms with Crippen LogP contribution >= 0.6 is 15.9 Å². The lowest BCUT2D eigenvalue weighted by molar-refractivity contribution is 0.0955. The topological polar surface area (TPSA) is 70.9 Å². The summed E-state index contributed by atoms with van der Waals surface area (Å²) in [6.07, 6.45) is 1.47. The van der Waals surface area contributed by atoms with Gasteiger partial charge in [0.1, 0.15) is 0 Å². The smallest absolute Gasteiger partial charge is 0.271 e. The third-order valence-corrected chi connectivity index (χ3v) is 3.16. The number of carbonyl (C=O) groups excluding carboxylic acids is 1. The zero-order chi connectivity index (χ0) is 15.2. The molecule has 21 heavy (non-hydrogen) atoms. The molecule has 5 nitrogen and oxygen atoms in total. The molecule has 0 unspecified atom stereocenters. The third kappa shape index (κ3) is 4.06. The maximum absolute atomic E-state index is 11.9. The summed E-state index contributed by atoms with van der Waals surface area (Å²) >= 11 is 3.30. The molecule has 0 aliphatic carbocycles. The van der Waals surface area contributed by atoms with Gasteiger partial charge in [-0.2, -0.15) is 5.10 Å². The van der Waals surface area contributed by atoms with Gasteiger partial charge in [-0.3, -0.25) is 4.79 Å². The first-order valence-electron chi connectivity index (χ1n) is 6.06. The number of phenolic OH excluding ortho intramolecular Hbond substituents is 1. The van der Waals surface area contributed by atoms with Gasteiger partial charge in [-0.15, -0.1) is 0 Å². The van der Waals surface area contributed by atoms with Crippen LogP contribution in [0, 0.1) is 0 Å². The van der Waals surface area contributed by atoms with E-state index in [4.69, 9.17) is 4.74 Å². The maximum Gasteiger partial charge on any atom is 0.271 e. The molecule has 2 rings (SSSR count). The number of aromatic hydroxyl groups is 1. The normalized spacial score (nSPS) is 10.6. The maximum atomic E-state index is 11.9. The van der Waals surface area contributed by atoms with Crippen LogP contribution in [0.5, 0.6) is 11.5 Å². The quantitative estimate of drug-likeness (QED) is 0.659. The number of amides is 1. The number of halogens is 1. The van der Waals surface area contributed by atoms with E-state index >= 15 is 0 Å². The molecular weight excluding hydrogens is 336 g/mol. The Hall–Kier alpha value is -2.34. The molecule has 108 valence electrons. The summed E-state index contributed by atoms with van der Waals surface area (Å²) in [7, 11) is 1.46. The van der Waals surface area contributed by atoms with E-state index < -0.39 is 0 Å². The molecule has 2 aromatic rings. The van der Waals surface area contributed by atoms with Crippen LogP contribution in [0.2, 0.25) is 0 Å². The van der Waals surface area contributed by atoms with E-state index in [9.17, 15) is 9.90 Å². The van der Waals surface area contributed by atoms with Crippen molar-refractivity contribution >= 4 is 28.1 Å². The van der Waals surface area contributed by atoms with Gasteiger partial charge in [0.2, 0.25) is 0 Å². The van der Waals surface area contributed by atoms with E-state index in [-0.39, 0.29) is 11.7 Å². The zero-order valence-corrected chi connectivity index (χ0v) is 12.8. The monoisotopic (exact) mass is 348 g/mol. The standard InChI is InChI=1S/C15H13BrN2O3/c1-21-14-7-10(5-6-13(14)19)9-17-18-15(20)11-3-2-4-12(16)8-11/h2-9,19H,1H3,(H,18,20). The zero-order valence-electron chi connectivity index (χ0n) is 11.2. The summed E-state index contributed by atoms with van der Waals surface area (Å²) < 4.78 is 5.81. The van der Waals surface area contributed by atoms with Gasteiger partial charge >= 0.3 is 0 Å². The van der Waals surface area contributed by atoms with E-state index in [1.54, 1.807) is 30.3 Å². The van der Waals surface area contributed by atoms with E-state index in [1.165, 1.54) is 19.4 Å². The molecule has 0 saturated carbocycles. The minimum Gasteiger partial charge on any atom is -0.504 e. The highest BCUT2D eigenvalue weighted by molar-refractivity contribution is 9.10. The summed E-state index contributed by atoms with van der Waals surface area (Å²) in [6.45, 7) is 0. The predicted octanol–water partition coefficient (Wildman–Crippen LogP) is 2.93. The Bertz CT molecular complexity index is 686. The molecule has 0 saturated heterocycles. The van der Waals surface area contributed by atoms with E-state index in [1.807, 2.05) is 6.07 Å². The van der Waals surface area contributed by atoms with Crippen molar-refractivity contribution in [2.24, 2.45) is 5.10 Å². The number of benzene rings is 2. The highest BCUT2D eigenvalue weighted by Crippen LogP contribution is 2.25. The van der Waals surface area contributed by atoms with Crippen LogP contribution in [0.3, 0.4) is 0 Å². The molecule has 1 amide bonds. The van der Waals surface area contributed by atoms with Crippen molar-refractivity contribution in [3.05, 3.63) is 58.1 Å². The van der Waals surface area contributed by atoms with E-state index in [0.29, 0.717) is 16.9 Å². The second kappa shape index (κ2) is 6.90. The Morgan fingerprint density at radius 1 is 1.33 bits per heavy atom. The van der Waals surface area contributed by atoms with Crippen LogP contribution in [0.15, 0.2) is 52.0 Å². The summed E-state index contributed by atoms with van der Waals surface area (Å²) in [5.74, 6) is 0.0865. The predicted molar refractivity (Wildman–Crippen MR) is 83.9 cm³/mol. The van der Waals surface area contributed by atoms with Gasteiger partial charge in [0.05, 0.1) is 13.3 Å². The van der Waals surface area contributed by atoms with Gasteiger partial charge in [-0.25, -0.2) is 5.43 Å². The lowest BCUT2D eigenvalue weighted by Gasteiger charge is -2.03. The molecule has 0 aliphatic rings. The lowest BCUT2D eigenvalue weighted by atomic mass is 10.2. The van der Waals surface area contributed by atoms with Gasteiger partial charge < -0.3 is 9.84 Å². The van der Waals surface area contributed by atoms with Crippen molar-refractivity contribution in [1.82, 2.24) is 5.43 Å². The number of phenols is 1. The minimum absolute atomic E-state index is 0.0489. The lowest BCUT2D eigenvalue weighted by Crippen LogP contribution is -2.17. The van der Waals surface area contributed by atoms with Crippen LogP contribution in [-0.4, -0.2) is 24.3 Å². The first-order chi connectivity index (χ1) is 10.1. The van der Waals surface area contributed by atoms with Crippen LogP contribution in [0.4, 0.5) is 0 Å². The van der Waals surface area contributed by atoms with Gasteiger partial charge in [0.25, 0.3) is 5.91 Å². The molecule has 0 radical (unpaired) electrons.